The normalized spacial score (nSPS) is 26.9. The molecule has 2 unspecified atom stereocenters. The number of nitrogens with one attached hydrogen (secondary N) is 1. The van der Waals surface area contributed by atoms with E-state index in [1.807, 2.05) is 0 Å². The minimum absolute atomic E-state index is 0.889. The van der Waals surface area contributed by atoms with E-state index >= 15 is 0 Å². The number of rotatable bonds is 2. The summed E-state index contributed by atoms with van der Waals surface area (Å²) in [6.07, 6.45) is 0. The van der Waals surface area contributed by atoms with E-state index in [-0.39, 0.29) is 0 Å². The minimum atomic E-state index is 0.889. The highest BCUT2D eigenvalue weighted by atomic mass is 15.2. The average Bonchev–Trinajstić information content (AvgIpc) is 2.99. The molecule has 2 saturated heterocycles. The number of benzene rings is 2. The van der Waals surface area contributed by atoms with Crippen LogP contribution in [0.3, 0.4) is 0 Å². The number of fused-ring (bicyclic) bond motifs is 2. The van der Waals surface area contributed by atoms with Gasteiger partial charge in [-0.15, -0.1) is 0 Å². The highest BCUT2D eigenvalue weighted by Gasteiger charge is 2.35. The average molecular weight is 252 g/mol. The second kappa shape index (κ2) is 4.62. The maximum absolute atomic E-state index is 3.51. The molecule has 2 aliphatic rings. The van der Waals surface area contributed by atoms with Crippen molar-refractivity contribution in [3.05, 3.63) is 48.0 Å². The lowest BCUT2D eigenvalue weighted by Crippen LogP contribution is -2.25. The Morgan fingerprint density at radius 1 is 0.947 bits per heavy atom. The summed E-state index contributed by atoms with van der Waals surface area (Å²) in [6.45, 7) is 6.09. The molecule has 2 heterocycles. The Balaban J connectivity index is 1.52. The molecule has 0 saturated carbocycles. The Kier molecular flexibility index (Phi) is 2.78. The first-order chi connectivity index (χ1) is 9.38. The van der Waals surface area contributed by atoms with Crippen molar-refractivity contribution in [3.63, 3.8) is 0 Å². The second-order valence-electron chi connectivity index (χ2n) is 6.05. The molecule has 98 valence electrons. The molecule has 0 bridgehead atoms. The predicted octanol–water partition coefficient (Wildman–Crippen LogP) is 2.49. The van der Waals surface area contributed by atoms with Crippen LogP contribution in [0.15, 0.2) is 42.5 Å². The van der Waals surface area contributed by atoms with Crippen molar-refractivity contribution in [3.8, 4) is 0 Å². The van der Waals surface area contributed by atoms with Crippen LogP contribution in [0.25, 0.3) is 10.8 Å². The molecule has 2 aromatic carbocycles. The molecule has 0 amide bonds. The molecular formula is C17H20N2. The number of nitrogens with zero attached hydrogens (tertiary/aromatic N) is 1. The monoisotopic (exact) mass is 252 g/mol. The molecule has 0 aliphatic carbocycles. The van der Waals surface area contributed by atoms with Crippen LogP contribution < -0.4 is 5.32 Å². The first kappa shape index (κ1) is 11.4. The zero-order chi connectivity index (χ0) is 12.7. The molecule has 2 atom stereocenters. The van der Waals surface area contributed by atoms with Crippen molar-refractivity contribution < 1.29 is 0 Å². The maximum Gasteiger partial charge on any atom is 0.0234 e. The van der Waals surface area contributed by atoms with Gasteiger partial charge in [0.05, 0.1) is 0 Å². The van der Waals surface area contributed by atoms with Gasteiger partial charge in [0, 0.05) is 19.6 Å². The van der Waals surface area contributed by atoms with Crippen molar-refractivity contribution in [2.45, 2.75) is 6.54 Å². The Labute approximate surface area is 114 Å². The van der Waals surface area contributed by atoms with Gasteiger partial charge in [-0.3, -0.25) is 4.90 Å². The first-order valence-electron chi connectivity index (χ1n) is 7.29. The van der Waals surface area contributed by atoms with Crippen molar-refractivity contribution in [2.75, 3.05) is 26.2 Å². The highest BCUT2D eigenvalue weighted by Crippen LogP contribution is 2.27. The van der Waals surface area contributed by atoms with E-state index in [0.717, 1.165) is 18.4 Å². The fourth-order valence-corrected chi connectivity index (χ4v) is 3.68. The lowest BCUT2D eigenvalue weighted by Gasteiger charge is -2.17. The largest absolute Gasteiger partial charge is 0.316 e. The van der Waals surface area contributed by atoms with E-state index in [0.29, 0.717) is 0 Å². The van der Waals surface area contributed by atoms with Crippen molar-refractivity contribution in [1.82, 2.24) is 10.2 Å². The fraction of sp³-hybridized carbons (Fsp3) is 0.412. The zero-order valence-corrected chi connectivity index (χ0v) is 11.2. The molecule has 0 aromatic heterocycles. The summed E-state index contributed by atoms with van der Waals surface area (Å²) in [4.78, 5) is 2.63. The van der Waals surface area contributed by atoms with E-state index < -0.39 is 0 Å². The van der Waals surface area contributed by atoms with Gasteiger partial charge < -0.3 is 5.32 Å². The summed E-state index contributed by atoms with van der Waals surface area (Å²) in [7, 11) is 0. The summed E-state index contributed by atoms with van der Waals surface area (Å²) >= 11 is 0. The summed E-state index contributed by atoms with van der Waals surface area (Å²) in [5.74, 6) is 1.78. The summed E-state index contributed by atoms with van der Waals surface area (Å²) in [5.41, 5.74) is 1.45. The smallest absolute Gasteiger partial charge is 0.0234 e. The number of hydrogen-bond acceptors (Lipinski definition) is 2. The molecule has 2 nitrogen and oxygen atoms in total. The number of hydrogen-bond donors (Lipinski definition) is 1. The molecule has 19 heavy (non-hydrogen) atoms. The molecule has 2 aromatic rings. The van der Waals surface area contributed by atoms with E-state index in [2.05, 4.69) is 52.7 Å². The Bertz CT molecular complexity index is 581. The fourth-order valence-electron chi connectivity index (χ4n) is 3.68. The van der Waals surface area contributed by atoms with Gasteiger partial charge in [-0.25, -0.2) is 0 Å². The van der Waals surface area contributed by atoms with Crippen molar-refractivity contribution in [1.29, 1.82) is 0 Å². The molecule has 4 rings (SSSR count). The van der Waals surface area contributed by atoms with E-state index in [1.54, 1.807) is 0 Å². The van der Waals surface area contributed by atoms with Gasteiger partial charge in [0.1, 0.15) is 0 Å². The van der Waals surface area contributed by atoms with Crippen LogP contribution in [0.4, 0.5) is 0 Å². The SMILES string of the molecule is c1ccc2cc(CN3CC4CNCC4C3)ccc2c1. The summed E-state index contributed by atoms with van der Waals surface area (Å²) in [5, 5.41) is 6.21. The quantitative estimate of drug-likeness (QED) is 0.883. The van der Waals surface area contributed by atoms with Crippen LogP contribution in [0, 0.1) is 11.8 Å². The Morgan fingerprint density at radius 3 is 2.47 bits per heavy atom. The Morgan fingerprint density at radius 2 is 1.68 bits per heavy atom. The molecule has 2 heteroatoms. The summed E-state index contributed by atoms with van der Waals surface area (Å²) in [6, 6.07) is 15.5. The molecule has 0 spiro atoms. The lowest BCUT2D eigenvalue weighted by atomic mass is 10.0. The topological polar surface area (TPSA) is 15.3 Å². The highest BCUT2D eigenvalue weighted by molar-refractivity contribution is 5.82. The van der Waals surface area contributed by atoms with Gasteiger partial charge in [-0.05, 0) is 47.3 Å². The standard InChI is InChI=1S/C17H20N2/c1-2-4-15-7-13(5-6-14(15)3-1)10-19-11-16-8-18-9-17(16)12-19/h1-7,16-18H,8-12H2. The third-order valence-electron chi connectivity index (χ3n) is 4.69. The van der Waals surface area contributed by atoms with Crippen LogP contribution in [-0.4, -0.2) is 31.1 Å². The van der Waals surface area contributed by atoms with Crippen molar-refractivity contribution in [2.24, 2.45) is 11.8 Å². The maximum atomic E-state index is 3.51. The minimum Gasteiger partial charge on any atom is -0.316 e. The first-order valence-corrected chi connectivity index (χ1v) is 7.29. The molecule has 2 aliphatic heterocycles. The van der Waals surface area contributed by atoms with E-state index in [9.17, 15) is 0 Å². The molecule has 1 N–H and O–H groups in total. The number of likely N-dealkylation sites (tertiary alicyclic amines) is 1. The molecule has 2 fully saturated rings. The van der Waals surface area contributed by atoms with Crippen LogP contribution >= 0.6 is 0 Å². The van der Waals surface area contributed by atoms with Crippen LogP contribution in [0.5, 0.6) is 0 Å². The van der Waals surface area contributed by atoms with Crippen molar-refractivity contribution >= 4 is 10.8 Å². The van der Waals surface area contributed by atoms with Gasteiger partial charge in [-0.1, -0.05) is 36.4 Å². The third-order valence-corrected chi connectivity index (χ3v) is 4.69. The van der Waals surface area contributed by atoms with Gasteiger partial charge >= 0.3 is 0 Å². The lowest BCUT2D eigenvalue weighted by molar-refractivity contribution is 0.306. The van der Waals surface area contributed by atoms with Gasteiger partial charge in [0.15, 0.2) is 0 Å². The van der Waals surface area contributed by atoms with Gasteiger partial charge in [-0.2, -0.15) is 0 Å². The van der Waals surface area contributed by atoms with E-state index in [4.69, 9.17) is 0 Å². The zero-order valence-electron chi connectivity index (χ0n) is 11.2. The second-order valence-corrected chi connectivity index (χ2v) is 6.05. The molecule has 0 radical (unpaired) electrons. The van der Waals surface area contributed by atoms with Crippen LogP contribution in [-0.2, 0) is 6.54 Å². The van der Waals surface area contributed by atoms with Gasteiger partial charge in [0.25, 0.3) is 0 Å². The Hall–Kier alpha value is -1.38. The third kappa shape index (κ3) is 2.15. The summed E-state index contributed by atoms with van der Waals surface area (Å²) < 4.78 is 0. The van der Waals surface area contributed by atoms with E-state index in [1.165, 1.54) is 42.5 Å². The van der Waals surface area contributed by atoms with Crippen LogP contribution in [0.1, 0.15) is 5.56 Å². The van der Waals surface area contributed by atoms with Gasteiger partial charge in [0.2, 0.25) is 0 Å². The molecular weight excluding hydrogens is 232 g/mol. The van der Waals surface area contributed by atoms with Crippen LogP contribution in [0.2, 0.25) is 0 Å². The predicted molar refractivity (Wildman–Crippen MR) is 79.1 cm³/mol.